The Kier molecular flexibility index (Phi) is 4.23. The van der Waals surface area contributed by atoms with Crippen LogP contribution in [0.2, 0.25) is 0 Å². The van der Waals surface area contributed by atoms with Crippen LogP contribution in [0.1, 0.15) is 15.9 Å². The molecule has 0 bridgehead atoms. The van der Waals surface area contributed by atoms with Gasteiger partial charge in [0.1, 0.15) is 11.3 Å². The van der Waals surface area contributed by atoms with E-state index in [-0.39, 0.29) is 0 Å². The number of hydrogen-bond acceptors (Lipinski definition) is 5. The van der Waals surface area contributed by atoms with E-state index in [0.717, 1.165) is 7.11 Å². The first-order valence-corrected chi connectivity index (χ1v) is 4.94. The van der Waals surface area contributed by atoms with E-state index in [1.54, 1.807) is 0 Å². The van der Waals surface area contributed by atoms with Gasteiger partial charge in [-0.05, 0) is 0 Å². The Hall–Kier alpha value is -1.70. The van der Waals surface area contributed by atoms with Crippen molar-refractivity contribution in [1.29, 1.82) is 0 Å². The van der Waals surface area contributed by atoms with Crippen LogP contribution in [-0.2, 0) is 10.6 Å². The maximum atomic E-state index is 12.1. The lowest BCUT2D eigenvalue weighted by Crippen LogP contribution is -2.20. The zero-order valence-electron chi connectivity index (χ0n) is 8.92. The summed E-state index contributed by atoms with van der Waals surface area (Å²) in [4.78, 5) is 14.6. The molecule has 0 amide bonds. The van der Waals surface area contributed by atoms with Gasteiger partial charge in [-0.15, -0.1) is 24.8 Å². The van der Waals surface area contributed by atoms with Gasteiger partial charge in [0.15, 0.2) is 0 Å². The van der Waals surface area contributed by atoms with Gasteiger partial charge < -0.3 is 14.6 Å². The Morgan fingerprint density at radius 1 is 1.56 bits per heavy atom. The van der Waals surface area contributed by atoms with E-state index in [1.807, 2.05) is 0 Å². The molecule has 0 unspecified atom stereocenters. The molecule has 9 heteroatoms. The lowest BCUT2D eigenvalue weighted by atomic mass is 10.1. The fourth-order valence-electron chi connectivity index (χ4n) is 1.18. The number of pyridine rings is 1. The van der Waals surface area contributed by atoms with Gasteiger partial charge in [0.05, 0.1) is 19.2 Å². The molecule has 0 atom stereocenters. The van der Waals surface area contributed by atoms with Crippen molar-refractivity contribution in [2.45, 2.75) is 12.2 Å². The Labute approximate surface area is 104 Å². The van der Waals surface area contributed by atoms with Crippen molar-refractivity contribution in [1.82, 2.24) is 4.98 Å². The number of alkyl halides is 4. The van der Waals surface area contributed by atoms with E-state index in [4.69, 9.17) is 11.6 Å². The molecule has 1 N–H and O–H groups in total. The van der Waals surface area contributed by atoms with Gasteiger partial charge in [-0.25, -0.2) is 9.78 Å². The normalized spacial score (nSPS) is 11.2. The molecule has 100 valence electrons. The molecule has 1 heterocycles. The van der Waals surface area contributed by atoms with Crippen LogP contribution in [0.15, 0.2) is 6.20 Å². The number of esters is 1. The van der Waals surface area contributed by atoms with Crippen molar-refractivity contribution in [2.24, 2.45) is 0 Å². The molecule has 0 saturated carbocycles. The minimum absolute atomic E-state index is 0.402. The van der Waals surface area contributed by atoms with Crippen LogP contribution in [0, 0.1) is 0 Å². The van der Waals surface area contributed by atoms with Crippen LogP contribution >= 0.6 is 11.6 Å². The highest BCUT2D eigenvalue weighted by Gasteiger charge is 2.34. The quantitative estimate of drug-likeness (QED) is 0.681. The van der Waals surface area contributed by atoms with E-state index in [0.29, 0.717) is 6.20 Å². The predicted octanol–water partition coefficient (Wildman–Crippen LogP) is 2.21. The molecular formula is C9H7ClF3NO4. The molecular weight excluding hydrogens is 279 g/mol. The maximum absolute atomic E-state index is 12.1. The van der Waals surface area contributed by atoms with Gasteiger partial charge >= 0.3 is 12.3 Å². The summed E-state index contributed by atoms with van der Waals surface area (Å²) in [6, 6.07) is 0. The van der Waals surface area contributed by atoms with Gasteiger partial charge in [0, 0.05) is 5.56 Å². The first-order chi connectivity index (χ1) is 8.30. The number of carbonyl (C=O) groups excluding carboxylic acids is 1. The Morgan fingerprint density at radius 3 is 2.61 bits per heavy atom. The van der Waals surface area contributed by atoms with Gasteiger partial charge in [-0.3, -0.25) is 0 Å². The number of carbonyl (C=O) groups is 1. The smallest absolute Gasteiger partial charge is 0.505 e. The molecule has 0 spiro atoms. The molecule has 1 aromatic rings. The number of halogens is 4. The third-order valence-electron chi connectivity index (χ3n) is 1.86. The van der Waals surface area contributed by atoms with Gasteiger partial charge in [0.25, 0.3) is 0 Å². The zero-order chi connectivity index (χ0) is 13.9. The molecule has 0 radical (unpaired) electrons. The number of rotatable bonds is 3. The summed E-state index contributed by atoms with van der Waals surface area (Å²) in [7, 11) is 1.00. The van der Waals surface area contributed by atoms with Crippen LogP contribution in [0.25, 0.3) is 0 Å². The second-order valence-electron chi connectivity index (χ2n) is 2.98. The van der Waals surface area contributed by atoms with E-state index in [1.165, 1.54) is 0 Å². The molecule has 0 aliphatic carbocycles. The third kappa shape index (κ3) is 3.16. The van der Waals surface area contributed by atoms with E-state index in [2.05, 4.69) is 14.5 Å². The van der Waals surface area contributed by atoms with Crippen LogP contribution in [-0.4, -0.2) is 29.5 Å². The molecule has 0 fully saturated rings. The molecule has 18 heavy (non-hydrogen) atoms. The average molecular weight is 286 g/mol. The van der Waals surface area contributed by atoms with Gasteiger partial charge in [-0.2, -0.15) is 0 Å². The fraction of sp³-hybridized carbons (Fsp3) is 0.333. The summed E-state index contributed by atoms with van der Waals surface area (Å²) < 4.78 is 44.2. The van der Waals surface area contributed by atoms with Crippen molar-refractivity contribution in [2.75, 3.05) is 7.11 Å². The van der Waals surface area contributed by atoms with Gasteiger partial charge in [-0.1, -0.05) is 0 Å². The van der Waals surface area contributed by atoms with Crippen molar-refractivity contribution in [3.8, 4) is 11.6 Å². The first-order valence-electron chi connectivity index (χ1n) is 4.41. The molecule has 1 rings (SSSR count). The topological polar surface area (TPSA) is 68.7 Å². The van der Waals surface area contributed by atoms with Crippen LogP contribution in [0.4, 0.5) is 13.2 Å². The molecule has 0 aliphatic heterocycles. The highest BCUT2D eigenvalue weighted by atomic mass is 35.5. The number of methoxy groups -OCH3 is 1. The molecule has 5 nitrogen and oxygen atoms in total. The Balaban J connectivity index is 3.34. The SMILES string of the molecule is COC(=O)c1c(O)cnc(OC(F)(F)F)c1CCl. The molecule has 1 aromatic heterocycles. The number of hydrogen-bond donors (Lipinski definition) is 1. The first kappa shape index (κ1) is 14.4. The van der Waals surface area contributed by atoms with E-state index in [9.17, 15) is 23.1 Å². The second-order valence-corrected chi connectivity index (χ2v) is 3.24. The highest BCUT2D eigenvalue weighted by Crippen LogP contribution is 2.32. The summed E-state index contributed by atoms with van der Waals surface area (Å²) in [6.45, 7) is 0. The zero-order valence-corrected chi connectivity index (χ0v) is 9.67. The van der Waals surface area contributed by atoms with Gasteiger partial charge in [0.2, 0.25) is 5.88 Å². The largest absolute Gasteiger partial charge is 0.574 e. The standard InChI is InChI=1S/C9H7ClF3NO4/c1-17-8(16)6-4(2-10)7(14-3-5(6)15)18-9(11,12)13/h3,15H,2H2,1H3. The molecule has 0 aliphatic rings. The number of aromatic hydroxyl groups is 1. The van der Waals surface area contributed by atoms with E-state index >= 15 is 0 Å². The molecule has 0 saturated heterocycles. The second kappa shape index (κ2) is 5.30. The van der Waals surface area contributed by atoms with Crippen LogP contribution < -0.4 is 4.74 Å². The highest BCUT2D eigenvalue weighted by molar-refractivity contribution is 6.18. The number of aromatic nitrogens is 1. The fourth-order valence-corrected chi connectivity index (χ4v) is 1.42. The lowest BCUT2D eigenvalue weighted by molar-refractivity contribution is -0.276. The minimum Gasteiger partial charge on any atom is -0.505 e. The predicted molar refractivity (Wildman–Crippen MR) is 53.5 cm³/mol. The Bertz CT molecular complexity index is 464. The minimum atomic E-state index is -4.99. The van der Waals surface area contributed by atoms with Crippen molar-refractivity contribution in [3.05, 3.63) is 17.3 Å². The van der Waals surface area contributed by atoms with Crippen LogP contribution in [0.5, 0.6) is 11.6 Å². The van der Waals surface area contributed by atoms with E-state index < -0.39 is 41.0 Å². The summed E-state index contributed by atoms with van der Waals surface area (Å²) in [5.74, 6) is -3.11. The van der Waals surface area contributed by atoms with Crippen LogP contribution in [0.3, 0.4) is 0 Å². The van der Waals surface area contributed by atoms with Crippen molar-refractivity contribution < 1.29 is 32.5 Å². The summed E-state index contributed by atoms with van der Waals surface area (Å²) in [5.41, 5.74) is -0.914. The molecule has 0 aromatic carbocycles. The number of ether oxygens (including phenoxy) is 2. The number of nitrogens with zero attached hydrogens (tertiary/aromatic N) is 1. The average Bonchev–Trinajstić information content (AvgIpc) is 2.28. The maximum Gasteiger partial charge on any atom is 0.574 e. The summed E-state index contributed by atoms with van der Waals surface area (Å²) >= 11 is 5.43. The van der Waals surface area contributed by atoms with Crippen molar-refractivity contribution in [3.63, 3.8) is 0 Å². The monoisotopic (exact) mass is 285 g/mol. The Morgan fingerprint density at radius 2 is 2.17 bits per heavy atom. The lowest BCUT2D eigenvalue weighted by Gasteiger charge is -2.13. The summed E-state index contributed by atoms with van der Waals surface area (Å²) in [6.07, 6.45) is -4.35. The third-order valence-corrected chi connectivity index (χ3v) is 2.12. The summed E-state index contributed by atoms with van der Waals surface area (Å²) in [5, 5.41) is 9.39. The van der Waals surface area contributed by atoms with Crippen molar-refractivity contribution >= 4 is 17.6 Å².